The van der Waals surface area contributed by atoms with Gasteiger partial charge in [-0.2, -0.15) is 15.0 Å². The van der Waals surface area contributed by atoms with Gasteiger partial charge in [-0.05, 0) is 20.8 Å². The van der Waals surface area contributed by atoms with Crippen molar-refractivity contribution in [2.24, 2.45) is 0 Å². The zero-order valence-corrected chi connectivity index (χ0v) is 13.5. The normalized spacial score (nSPS) is 11.5. The number of anilines is 2. The topological polar surface area (TPSA) is 118 Å². The minimum atomic E-state index is -3.20. The molecule has 0 unspecified atom stereocenters. The van der Waals surface area contributed by atoms with E-state index in [0.717, 1.165) is 6.26 Å². The molecular weight excluding hydrogens is 296 g/mol. The Bertz CT molecular complexity index is 549. The Labute approximate surface area is 125 Å². The lowest BCUT2D eigenvalue weighted by Gasteiger charge is -2.11. The summed E-state index contributed by atoms with van der Waals surface area (Å²) < 4.78 is 29.7. The fraction of sp³-hybridized carbons (Fsp3) is 0.727. The molecule has 1 rings (SSSR count). The number of nitrogens with one attached hydrogen (secondary N) is 3. The van der Waals surface area contributed by atoms with Crippen LogP contribution in [0.25, 0.3) is 0 Å². The van der Waals surface area contributed by atoms with Crippen LogP contribution >= 0.6 is 0 Å². The van der Waals surface area contributed by atoms with E-state index in [1.165, 1.54) is 0 Å². The summed E-state index contributed by atoms with van der Waals surface area (Å²) in [5.74, 6) is 0.730. The van der Waals surface area contributed by atoms with Crippen LogP contribution in [0, 0.1) is 0 Å². The van der Waals surface area contributed by atoms with Crippen molar-refractivity contribution in [2.45, 2.75) is 26.9 Å². The Morgan fingerprint density at radius 2 is 1.71 bits per heavy atom. The Hall–Kier alpha value is -1.68. The van der Waals surface area contributed by atoms with E-state index in [1.54, 1.807) is 0 Å². The van der Waals surface area contributed by atoms with Gasteiger partial charge in [0.15, 0.2) is 0 Å². The molecule has 0 aliphatic rings. The van der Waals surface area contributed by atoms with E-state index in [-0.39, 0.29) is 18.7 Å². The summed E-state index contributed by atoms with van der Waals surface area (Å²) in [6.07, 6.45) is 1.05. The fourth-order valence-electron chi connectivity index (χ4n) is 1.35. The molecule has 0 spiro atoms. The van der Waals surface area contributed by atoms with Crippen molar-refractivity contribution in [3.8, 4) is 6.01 Å². The van der Waals surface area contributed by atoms with Crippen molar-refractivity contribution >= 4 is 21.9 Å². The van der Waals surface area contributed by atoms with Crippen molar-refractivity contribution in [3.05, 3.63) is 0 Å². The summed E-state index contributed by atoms with van der Waals surface area (Å²) in [5, 5.41) is 5.90. The van der Waals surface area contributed by atoms with Gasteiger partial charge in [0.2, 0.25) is 21.9 Å². The van der Waals surface area contributed by atoms with Crippen LogP contribution in [-0.4, -0.2) is 55.4 Å². The first-order valence-electron chi connectivity index (χ1n) is 6.65. The lowest BCUT2D eigenvalue weighted by molar-refractivity contribution is 0.222. The molecule has 1 aromatic rings. The summed E-state index contributed by atoms with van der Waals surface area (Å²) in [4.78, 5) is 12.4. The van der Waals surface area contributed by atoms with Gasteiger partial charge in [0, 0.05) is 19.6 Å². The zero-order chi connectivity index (χ0) is 15.9. The predicted molar refractivity (Wildman–Crippen MR) is 81.1 cm³/mol. The third-order valence-electron chi connectivity index (χ3n) is 2.06. The molecule has 0 fully saturated rings. The second kappa shape index (κ2) is 7.93. The van der Waals surface area contributed by atoms with Crippen molar-refractivity contribution in [1.82, 2.24) is 19.7 Å². The number of aromatic nitrogens is 3. The molecular formula is C11H22N6O3S. The van der Waals surface area contributed by atoms with E-state index in [9.17, 15) is 8.42 Å². The van der Waals surface area contributed by atoms with Gasteiger partial charge in [0.1, 0.15) is 0 Å². The van der Waals surface area contributed by atoms with Gasteiger partial charge in [-0.1, -0.05) is 0 Å². The molecule has 0 aliphatic carbocycles. The standard InChI is InChI=1S/C11H22N6O3S/c1-5-12-9-15-10(13-6-7-14-21(4,18)19)17-11(16-9)20-8(2)3/h8,14H,5-7H2,1-4H3,(H2,12,13,15,16,17). The van der Waals surface area contributed by atoms with Crippen molar-refractivity contribution in [3.63, 3.8) is 0 Å². The highest BCUT2D eigenvalue weighted by Crippen LogP contribution is 2.12. The van der Waals surface area contributed by atoms with E-state index >= 15 is 0 Å². The second-order valence-electron chi connectivity index (χ2n) is 4.56. The van der Waals surface area contributed by atoms with Gasteiger partial charge >= 0.3 is 6.01 Å². The van der Waals surface area contributed by atoms with Crippen LogP contribution in [0.1, 0.15) is 20.8 Å². The van der Waals surface area contributed by atoms with E-state index in [2.05, 4.69) is 30.3 Å². The molecule has 0 bridgehead atoms. The minimum absolute atomic E-state index is 0.0540. The molecule has 0 radical (unpaired) electrons. The monoisotopic (exact) mass is 318 g/mol. The largest absolute Gasteiger partial charge is 0.461 e. The number of ether oxygens (including phenoxy) is 1. The van der Waals surface area contributed by atoms with E-state index in [0.29, 0.717) is 25.0 Å². The van der Waals surface area contributed by atoms with Crippen LogP contribution in [-0.2, 0) is 10.0 Å². The summed E-state index contributed by atoms with van der Waals surface area (Å²) >= 11 is 0. The smallest absolute Gasteiger partial charge is 0.323 e. The molecule has 21 heavy (non-hydrogen) atoms. The van der Waals surface area contributed by atoms with E-state index in [4.69, 9.17) is 4.74 Å². The molecule has 3 N–H and O–H groups in total. The van der Waals surface area contributed by atoms with Crippen LogP contribution < -0.4 is 20.1 Å². The van der Waals surface area contributed by atoms with Crippen molar-refractivity contribution in [2.75, 3.05) is 36.5 Å². The highest BCUT2D eigenvalue weighted by molar-refractivity contribution is 7.88. The molecule has 0 atom stereocenters. The highest BCUT2D eigenvalue weighted by Gasteiger charge is 2.08. The van der Waals surface area contributed by atoms with Gasteiger partial charge in [-0.3, -0.25) is 0 Å². The average Bonchev–Trinajstić information content (AvgIpc) is 2.33. The highest BCUT2D eigenvalue weighted by atomic mass is 32.2. The maximum atomic E-state index is 10.9. The number of sulfonamides is 1. The van der Waals surface area contributed by atoms with Crippen molar-refractivity contribution < 1.29 is 13.2 Å². The SMILES string of the molecule is CCNc1nc(NCCNS(C)(=O)=O)nc(OC(C)C)n1. The van der Waals surface area contributed by atoms with Crippen LogP contribution in [0.3, 0.4) is 0 Å². The molecule has 0 saturated carbocycles. The van der Waals surface area contributed by atoms with Gasteiger partial charge < -0.3 is 15.4 Å². The quantitative estimate of drug-likeness (QED) is 0.547. The summed E-state index contributed by atoms with van der Waals surface area (Å²) in [6, 6.07) is 0.217. The van der Waals surface area contributed by atoms with Crippen LogP contribution in [0.4, 0.5) is 11.9 Å². The summed E-state index contributed by atoms with van der Waals surface area (Å²) in [5.41, 5.74) is 0. The molecule has 1 aromatic heterocycles. The Kier molecular flexibility index (Phi) is 6.56. The molecule has 0 aromatic carbocycles. The summed E-state index contributed by atoms with van der Waals surface area (Å²) in [7, 11) is -3.20. The second-order valence-corrected chi connectivity index (χ2v) is 6.39. The number of nitrogens with zero attached hydrogens (tertiary/aromatic N) is 3. The molecule has 0 saturated heterocycles. The first-order chi connectivity index (χ1) is 9.80. The zero-order valence-electron chi connectivity index (χ0n) is 12.7. The molecule has 0 aliphatic heterocycles. The van der Waals surface area contributed by atoms with E-state index < -0.39 is 10.0 Å². The first-order valence-corrected chi connectivity index (χ1v) is 8.54. The Morgan fingerprint density at radius 3 is 2.24 bits per heavy atom. The van der Waals surface area contributed by atoms with Gasteiger partial charge in [0.05, 0.1) is 12.4 Å². The Morgan fingerprint density at radius 1 is 1.10 bits per heavy atom. The lowest BCUT2D eigenvalue weighted by atomic mass is 10.5. The van der Waals surface area contributed by atoms with Gasteiger partial charge in [-0.25, -0.2) is 13.1 Å². The minimum Gasteiger partial charge on any atom is -0.461 e. The fourth-order valence-corrected chi connectivity index (χ4v) is 1.82. The number of rotatable bonds is 9. The average molecular weight is 318 g/mol. The van der Waals surface area contributed by atoms with E-state index in [1.807, 2.05) is 20.8 Å². The lowest BCUT2D eigenvalue weighted by Crippen LogP contribution is -2.28. The predicted octanol–water partition coefficient (Wildman–Crippen LogP) is 0.0517. The third kappa shape index (κ3) is 7.61. The molecule has 9 nitrogen and oxygen atoms in total. The maximum Gasteiger partial charge on any atom is 0.323 e. The molecule has 0 amide bonds. The first kappa shape index (κ1) is 17.4. The maximum absolute atomic E-state index is 10.9. The molecule has 10 heteroatoms. The van der Waals surface area contributed by atoms with Gasteiger partial charge in [0.25, 0.3) is 0 Å². The van der Waals surface area contributed by atoms with Crippen LogP contribution in [0.15, 0.2) is 0 Å². The van der Waals surface area contributed by atoms with Crippen molar-refractivity contribution in [1.29, 1.82) is 0 Å². The van der Waals surface area contributed by atoms with Crippen LogP contribution in [0.2, 0.25) is 0 Å². The van der Waals surface area contributed by atoms with Gasteiger partial charge in [-0.15, -0.1) is 0 Å². The Balaban J connectivity index is 2.68. The number of hydrogen-bond donors (Lipinski definition) is 3. The summed E-state index contributed by atoms with van der Waals surface area (Å²) in [6.45, 7) is 6.93. The molecule has 120 valence electrons. The molecule has 1 heterocycles. The third-order valence-corrected chi connectivity index (χ3v) is 2.79. The number of hydrogen-bond acceptors (Lipinski definition) is 8. The van der Waals surface area contributed by atoms with Crippen LogP contribution in [0.5, 0.6) is 6.01 Å².